The number of hydrogen-bond acceptors (Lipinski definition) is 6. The molecule has 1 saturated heterocycles. The summed E-state index contributed by atoms with van der Waals surface area (Å²) in [4.78, 5) is 21.0. The maximum absolute atomic E-state index is 12.3. The molecule has 28 heavy (non-hydrogen) atoms. The van der Waals surface area contributed by atoms with E-state index < -0.39 is 0 Å². The first-order chi connectivity index (χ1) is 13.1. The Morgan fingerprint density at radius 3 is 2.50 bits per heavy atom. The van der Waals surface area contributed by atoms with Gasteiger partial charge in [0.25, 0.3) is 0 Å². The Bertz CT molecular complexity index is 839. The van der Waals surface area contributed by atoms with Gasteiger partial charge in [0.15, 0.2) is 4.80 Å². The lowest BCUT2D eigenvalue weighted by molar-refractivity contribution is 0.0362. The molecule has 0 N–H and O–H groups in total. The van der Waals surface area contributed by atoms with Gasteiger partial charge < -0.3 is 14.0 Å². The molecule has 2 heterocycles. The number of esters is 1. The summed E-state index contributed by atoms with van der Waals surface area (Å²) < 4.78 is 12.8. The minimum Gasteiger partial charge on any atom is -0.462 e. The number of nitrogens with zero attached hydrogens (tertiary/aromatic N) is 3. The van der Waals surface area contributed by atoms with Crippen molar-refractivity contribution in [1.82, 2.24) is 9.47 Å². The molecule has 3 rings (SSSR count). The van der Waals surface area contributed by atoms with Gasteiger partial charge in [0.05, 0.1) is 25.5 Å². The summed E-state index contributed by atoms with van der Waals surface area (Å²) in [6, 6.07) is 8.09. The van der Waals surface area contributed by atoms with Crippen molar-refractivity contribution >= 4 is 40.0 Å². The van der Waals surface area contributed by atoms with Crippen LogP contribution in [0.5, 0.6) is 0 Å². The summed E-state index contributed by atoms with van der Waals surface area (Å²) in [7, 11) is 0. The Morgan fingerprint density at radius 1 is 1.18 bits per heavy atom. The third-order valence-electron chi connectivity index (χ3n) is 4.62. The van der Waals surface area contributed by atoms with E-state index in [0.29, 0.717) is 11.5 Å². The number of morpholine rings is 1. The van der Waals surface area contributed by atoms with E-state index in [1.807, 2.05) is 38.1 Å². The summed E-state index contributed by atoms with van der Waals surface area (Å²) in [5, 5.41) is 0. The highest BCUT2D eigenvalue weighted by molar-refractivity contribution is 8.93. The smallest absolute Gasteiger partial charge is 0.350 e. The Kier molecular flexibility index (Phi) is 8.88. The molecule has 0 amide bonds. The predicted molar refractivity (Wildman–Crippen MR) is 117 cm³/mol. The molecule has 0 aliphatic carbocycles. The monoisotopic (exact) mass is 469 g/mol. The van der Waals surface area contributed by atoms with Crippen molar-refractivity contribution in [3.63, 3.8) is 0 Å². The number of hydrogen-bond donors (Lipinski definition) is 0. The normalized spacial score (nSPS) is 15.3. The number of carbonyl (C=O) groups excluding carboxylic acids is 1. The van der Waals surface area contributed by atoms with E-state index in [9.17, 15) is 4.79 Å². The van der Waals surface area contributed by atoms with Gasteiger partial charge >= 0.3 is 5.97 Å². The van der Waals surface area contributed by atoms with Crippen LogP contribution >= 0.6 is 28.3 Å². The van der Waals surface area contributed by atoms with E-state index in [-0.39, 0.29) is 23.0 Å². The summed E-state index contributed by atoms with van der Waals surface area (Å²) in [6.07, 6.45) is 0. The van der Waals surface area contributed by atoms with Crippen LogP contribution < -0.4 is 4.80 Å². The standard InChI is InChI=1S/C20H27N3O3S.BrH/c1-4-26-19(24)18-16(3)23(10-9-22-11-13-25-14-12-22)20(27-18)21-17-7-5-15(2)6-8-17;/h5-8H,4,9-14H2,1-3H3;1H. The van der Waals surface area contributed by atoms with Gasteiger partial charge in [-0.3, -0.25) is 4.90 Å². The van der Waals surface area contributed by atoms with Crippen LogP contribution in [0.15, 0.2) is 29.3 Å². The fourth-order valence-electron chi connectivity index (χ4n) is 3.01. The van der Waals surface area contributed by atoms with E-state index in [0.717, 1.165) is 55.6 Å². The van der Waals surface area contributed by atoms with Gasteiger partial charge in [-0.05, 0) is 32.9 Å². The van der Waals surface area contributed by atoms with E-state index >= 15 is 0 Å². The molecule has 1 fully saturated rings. The van der Waals surface area contributed by atoms with Crippen LogP contribution in [-0.4, -0.2) is 54.9 Å². The lowest BCUT2D eigenvalue weighted by Gasteiger charge is -2.26. The Balaban J connectivity index is 0.00000280. The number of halogens is 1. The third kappa shape index (κ3) is 5.76. The molecule has 2 aromatic rings. The van der Waals surface area contributed by atoms with Crippen LogP contribution in [0.3, 0.4) is 0 Å². The quantitative estimate of drug-likeness (QED) is 0.607. The fraction of sp³-hybridized carbons (Fsp3) is 0.500. The molecule has 8 heteroatoms. The van der Waals surface area contributed by atoms with Gasteiger partial charge in [-0.1, -0.05) is 29.0 Å². The van der Waals surface area contributed by atoms with Crippen LogP contribution in [0, 0.1) is 13.8 Å². The molecule has 0 saturated carbocycles. The Labute approximate surface area is 180 Å². The highest BCUT2D eigenvalue weighted by Gasteiger charge is 2.19. The fourth-order valence-corrected chi connectivity index (χ4v) is 4.09. The molecule has 0 bridgehead atoms. The highest BCUT2D eigenvalue weighted by atomic mass is 79.9. The van der Waals surface area contributed by atoms with Crippen molar-refractivity contribution < 1.29 is 14.3 Å². The van der Waals surface area contributed by atoms with Crippen LogP contribution in [0.2, 0.25) is 0 Å². The zero-order valence-electron chi connectivity index (χ0n) is 16.6. The molecule has 1 aromatic heterocycles. The summed E-state index contributed by atoms with van der Waals surface area (Å²) in [5.41, 5.74) is 3.00. The first-order valence-electron chi connectivity index (χ1n) is 9.37. The number of benzene rings is 1. The van der Waals surface area contributed by atoms with Crippen molar-refractivity contribution in [2.75, 3.05) is 39.5 Å². The molecule has 6 nitrogen and oxygen atoms in total. The van der Waals surface area contributed by atoms with Crippen molar-refractivity contribution in [1.29, 1.82) is 0 Å². The maximum Gasteiger partial charge on any atom is 0.350 e. The van der Waals surface area contributed by atoms with E-state index in [1.54, 1.807) is 0 Å². The first kappa shape index (κ1) is 22.8. The number of thiazole rings is 1. The number of ether oxygens (including phenoxy) is 2. The van der Waals surface area contributed by atoms with Crippen molar-refractivity contribution in [3.05, 3.63) is 45.2 Å². The van der Waals surface area contributed by atoms with Gasteiger partial charge in [-0.15, -0.1) is 17.0 Å². The maximum atomic E-state index is 12.3. The molecule has 1 aliphatic heterocycles. The second-order valence-corrected chi connectivity index (χ2v) is 7.55. The van der Waals surface area contributed by atoms with Gasteiger partial charge in [0.1, 0.15) is 4.88 Å². The number of rotatable bonds is 6. The second-order valence-electron chi connectivity index (χ2n) is 6.57. The molecular formula is C20H28BrN3O3S. The van der Waals surface area contributed by atoms with Crippen molar-refractivity contribution in [2.24, 2.45) is 4.99 Å². The van der Waals surface area contributed by atoms with Crippen LogP contribution in [-0.2, 0) is 16.0 Å². The van der Waals surface area contributed by atoms with Gasteiger partial charge in [-0.2, -0.15) is 0 Å². The molecule has 154 valence electrons. The van der Waals surface area contributed by atoms with Gasteiger partial charge in [0.2, 0.25) is 0 Å². The zero-order chi connectivity index (χ0) is 19.2. The molecular weight excluding hydrogens is 442 g/mol. The van der Waals surface area contributed by atoms with Gasteiger partial charge in [0, 0.05) is 31.9 Å². The van der Waals surface area contributed by atoms with Crippen molar-refractivity contribution in [3.8, 4) is 0 Å². The largest absolute Gasteiger partial charge is 0.462 e. The molecule has 1 aliphatic rings. The summed E-state index contributed by atoms with van der Waals surface area (Å²) in [6.45, 7) is 11.4. The zero-order valence-corrected chi connectivity index (χ0v) is 19.2. The first-order valence-corrected chi connectivity index (χ1v) is 10.2. The molecule has 0 unspecified atom stereocenters. The number of aromatic nitrogens is 1. The molecule has 0 atom stereocenters. The topological polar surface area (TPSA) is 56.1 Å². The third-order valence-corrected chi connectivity index (χ3v) is 5.78. The second kappa shape index (κ2) is 10.9. The Morgan fingerprint density at radius 2 is 1.86 bits per heavy atom. The van der Waals surface area contributed by atoms with Crippen LogP contribution in [0.1, 0.15) is 27.9 Å². The highest BCUT2D eigenvalue weighted by Crippen LogP contribution is 2.17. The van der Waals surface area contributed by atoms with Gasteiger partial charge in [-0.25, -0.2) is 9.79 Å². The van der Waals surface area contributed by atoms with Crippen molar-refractivity contribution in [2.45, 2.75) is 27.3 Å². The van der Waals surface area contributed by atoms with Crippen LogP contribution in [0.4, 0.5) is 5.69 Å². The summed E-state index contributed by atoms with van der Waals surface area (Å²) in [5.74, 6) is -0.273. The van der Waals surface area contributed by atoms with Crippen LogP contribution in [0.25, 0.3) is 0 Å². The minimum absolute atomic E-state index is 0. The average Bonchev–Trinajstić information content (AvgIpc) is 2.98. The number of carbonyl (C=O) groups is 1. The average molecular weight is 470 g/mol. The number of aryl methyl sites for hydroxylation is 1. The molecule has 0 spiro atoms. The predicted octanol–water partition coefficient (Wildman–Crippen LogP) is 3.49. The lowest BCUT2D eigenvalue weighted by atomic mass is 10.2. The molecule has 1 aromatic carbocycles. The summed E-state index contributed by atoms with van der Waals surface area (Å²) >= 11 is 1.40. The SMILES string of the molecule is Br.CCOC(=O)c1sc(=Nc2ccc(C)cc2)n(CCN2CCOCC2)c1C. The molecule has 0 radical (unpaired) electrons. The Hall–Kier alpha value is -1.48. The van der Waals surface area contributed by atoms with E-state index in [1.165, 1.54) is 16.9 Å². The van der Waals surface area contributed by atoms with E-state index in [4.69, 9.17) is 14.5 Å². The minimum atomic E-state index is -0.273. The van der Waals surface area contributed by atoms with E-state index in [2.05, 4.69) is 16.4 Å². The lowest BCUT2D eigenvalue weighted by Crippen LogP contribution is -2.39.